The predicted octanol–water partition coefficient (Wildman–Crippen LogP) is 4.80. The van der Waals surface area contributed by atoms with Gasteiger partial charge >= 0.3 is 0 Å². The molecular formula is C22H23F2NO2. The maximum absolute atomic E-state index is 13.5. The number of hydrogen-bond acceptors (Lipinski definition) is 2. The molecule has 27 heavy (non-hydrogen) atoms. The number of rotatable bonds is 7. The molecule has 1 amide bonds. The number of ether oxygens (including phenoxy) is 1. The number of carbonyl (C=O) groups is 1. The summed E-state index contributed by atoms with van der Waals surface area (Å²) in [4.78, 5) is 14.4. The molecule has 0 N–H and O–H groups in total. The van der Waals surface area contributed by atoms with E-state index in [1.807, 2.05) is 4.90 Å². The molecule has 1 saturated carbocycles. The van der Waals surface area contributed by atoms with Gasteiger partial charge in [0.05, 0.1) is 12.6 Å². The molecule has 1 aliphatic heterocycles. The van der Waals surface area contributed by atoms with Gasteiger partial charge in [-0.2, -0.15) is 0 Å². The minimum Gasteiger partial charge on any atom is -0.371 e. The molecule has 2 aromatic rings. The molecule has 4 rings (SSSR count). The SMILES string of the molecule is O=C1CCCN1[C@H](c1ccc(F)cc1)[C@@H](OCC1CC1)c1ccc(F)cc1. The van der Waals surface area contributed by atoms with Crippen molar-refractivity contribution < 1.29 is 18.3 Å². The van der Waals surface area contributed by atoms with Crippen LogP contribution in [0.4, 0.5) is 8.78 Å². The fourth-order valence-corrected chi connectivity index (χ4v) is 3.69. The van der Waals surface area contributed by atoms with Gasteiger partial charge in [0.15, 0.2) is 0 Å². The van der Waals surface area contributed by atoms with E-state index in [0.29, 0.717) is 25.5 Å². The van der Waals surface area contributed by atoms with E-state index in [1.54, 1.807) is 24.3 Å². The van der Waals surface area contributed by atoms with Crippen LogP contribution in [-0.4, -0.2) is 24.0 Å². The normalized spacial score (nSPS) is 19.3. The number of hydrogen-bond donors (Lipinski definition) is 0. The fourth-order valence-electron chi connectivity index (χ4n) is 3.69. The highest BCUT2D eigenvalue weighted by Gasteiger charge is 2.37. The molecule has 2 fully saturated rings. The van der Waals surface area contributed by atoms with E-state index in [4.69, 9.17) is 4.74 Å². The van der Waals surface area contributed by atoms with Crippen LogP contribution in [0.25, 0.3) is 0 Å². The quantitative estimate of drug-likeness (QED) is 0.700. The third-order valence-electron chi connectivity index (χ3n) is 5.35. The Morgan fingerprint density at radius 3 is 2.07 bits per heavy atom. The van der Waals surface area contributed by atoms with Crippen LogP contribution in [0.1, 0.15) is 49.0 Å². The van der Waals surface area contributed by atoms with Gasteiger partial charge in [0.2, 0.25) is 5.91 Å². The summed E-state index contributed by atoms with van der Waals surface area (Å²) < 4.78 is 33.2. The predicted molar refractivity (Wildman–Crippen MR) is 97.9 cm³/mol. The van der Waals surface area contributed by atoms with Crippen LogP contribution in [0.5, 0.6) is 0 Å². The van der Waals surface area contributed by atoms with Crippen molar-refractivity contribution in [1.82, 2.24) is 4.90 Å². The van der Waals surface area contributed by atoms with Crippen molar-refractivity contribution in [3.05, 3.63) is 71.3 Å². The van der Waals surface area contributed by atoms with Crippen LogP contribution < -0.4 is 0 Å². The second kappa shape index (κ2) is 7.77. The van der Waals surface area contributed by atoms with Crippen LogP contribution in [0.2, 0.25) is 0 Å². The maximum atomic E-state index is 13.5. The first kappa shape index (κ1) is 18.1. The molecule has 3 nitrogen and oxygen atoms in total. The fraction of sp³-hybridized carbons (Fsp3) is 0.409. The summed E-state index contributed by atoms with van der Waals surface area (Å²) in [7, 11) is 0. The molecule has 0 spiro atoms. The molecular weight excluding hydrogens is 348 g/mol. The molecule has 1 saturated heterocycles. The lowest BCUT2D eigenvalue weighted by atomic mass is 9.94. The standard InChI is InChI=1S/C22H23F2NO2/c23-18-9-5-16(6-10-18)21(25-13-1-2-20(25)26)22(27-14-15-3-4-15)17-7-11-19(24)12-8-17/h5-12,15,21-22H,1-4,13-14H2/t21-,22+/m1/s1. The Bertz CT molecular complexity index is 787. The van der Waals surface area contributed by atoms with Gasteiger partial charge in [-0.25, -0.2) is 8.78 Å². The Balaban J connectivity index is 1.72. The zero-order valence-corrected chi connectivity index (χ0v) is 15.1. The highest BCUT2D eigenvalue weighted by Crippen LogP contribution is 2.41. The molecule has 142 valence electrons. The average molecular weight is 371 g/mol. The van der Waals surface area contributed by atoms with Crippen molar-refractivity contribution >= 4 is 5.91 Å². The minimum atomic E-state index is -0.418. The summed E-state index contributed by atoms with van der Waals surface area (Å²) in [5.74, 6) is 0.000285. The summed E-state index contributed by atoms with van der Waals surface area (Å²) in [6.07, 6.45) is 3.20. The Kier molecular flexibility index (Phi) is 5.21. The second-order valence-electron chi connectivity index (χ2n) is 7.44. The molecule has 2 aromatic carbocycles. The average Bonchev–Trinajstić information content (AvgIpc) is 3.41. The zero-order valence-electron chi connectivity index (χ0n) is 15.1. The number of nitrogens with zero attached hydrogens (tertiary/aromatic N) is 1. The summed E-state index contributed by atoms with van der Waals surface area (Å²) in [6, 6.07) is 12.1. The molecule has 0 aromatic heterocycles. The van der Waals surface area contributed by atoms with Crippen molar-refractivity contribution in [3.63, 3.8) is 0 Å². The van der Waals surface area contributed by atoms with Crippen molar-refractivity contribution in [3.8, 4) is 0 Å². The van der Waals surface area contributed by atoms with Gasteiger partial charge in [0, 0.05) is 13.0 Å². The molecule has 2 atom stereocenters. The Morgan fingerprint density at radius 1 is 0.963 bits per heavy atom. The number of carbonyl (C=O) groups excluding carboxylic acids is 1. The Morgan fingerprint density at radius 2 is 1.56 bits per heavy atom. The van der Waals surface area contributed by atoms with E-state index < -0.39 is 6.10 Å². The van der Waals surface area contributed by atoms with E-state index in [2.05, 4.69) is 0 Å². The Hall–Kier alpha value is -2.27. The second-order valence-corrected chi connectivity index (χ2v) is 7.44. The molecule has 1 aliphatic carbocycles. The topological polar surface area (TPSA) is 29.5 Å². The van der Waals surface area contributed by atoms with E-state index in [-0.39, 0.29) is 23.6 Å². The van der Waals surface area contributed by atoms with Crippen molar-refractivity contribution in [2.75, 3.05) is 13.2 Å². The summed E-state index contributed by atoms with van der Waals surface area (Å²) in [5, 5.41) is 0. The maximum Gasteiger partial charge on any atom is 0.223 e. The van der Waals surface area contributed by atoms with Gasteiger partial charge < -0.3 is 9.64 Å². The molecule has 0 unspecified atom stereocenters. The summed E-state index contributed by atoms with van der Waals surface area (Å²) in [5.41, 5.74) is 1.66. The number of likely N-dealkylation sites (tertiary alicyclic amines) is 1. The highest BCUT2D eigenvalue weighted by atomic mass is 19.1. The Labute approximate surface area is 157 Å². The first-order valence-electron chi connectivity index (χ1n) is 9.54. The smallest absolute Gasteiger partial charge is 0.223 e. The van der Waals surface area contributed by atoms with E-state index in [1.165, 1.54) is 24.3 Å². The molecule has 0 radical (unpaired) electrons. The molecule has 1 heterocycles. The van der Waals surface area contributed by atoms with Gasteiger partial charge in [-0.1, -0.05) is 24.3 Å². The molecule has 5 heteroatoms. The lowest BCUT2D eigenvalue weighted by Gasteiger charge is -2.35. The monoisotopic (exact) mass is 371 g/mol. The highest BCUT2D eigenvalue weighted by molar-refractivity contribution is 5.78. The first-order valence-corrected chi connectivity index (χ1v) is 9.54. The zero-order chi connectivity index (χ0) is 18.8. The summed E-state index contributed by atoms with van der Waals surface area (Å²) >= 11 is 0. The largest absolute Gasteiger partial charge is 0.371 e. The van der Waals surface area contributed by atoms with Gasteiger partial charge in [-0.15, -0.1) is 0 Å². The van der Waals surface area contributed by atoms with Gasteiger partial charge in [-0.3, -0.25) is 4.79 Å². The molecule has 0 bridgehead atoms. The van der Waals surface area contributed by atoms with Gasteiger partial charge in [0.1, 0.15) is 17.7 Å². The van der Waals surface area contributed by atoms with Crippen LogP contribution >= 0.6 is 0 Å². The van der Waals surface area contributed by atoms with Crippen molar-refractivity contribution in [2.24, 2.45) is 5.92 Å². The third kappa shape index (κ3) is 4.19. The van der Waals surface area contributed by atoms with Crippen molar-refractivity contribution in [1.29, 1.82) is 0 Å². The van der Waals surface area contributed by atoms with Crippen LogP contribution in [0, 0.1) is 17.6 Å². The number of benzene rings is 2. The van der Waals surface area contributed by atoms with E-state index >= 15 is 0 Å². The van der Waals surface area contributed by atoms with E-state index in [0.717, 1.165) is 30.4 Å². The third-order valence-corrected chi connectivity index (χ3v) is 5.35. The minimum absolute atomic E-state index is 0.0754. The molecule has 2 aliphatic rings. The summed E-state index contributed by atoms with van der Waals surface area (Å²) in [6.45, 7) is 1.26. The first-order chi connectivity index (χ1) is 13.1. The van der Waals surface area contributed by atoms with Gasteiger partial charge in [-0.05, 0) is 60.6 Å². The lowest BCUT2D eigenvalue weighted by molar-refractivity contribution is -0.133. The van der Waals surface area contributed by atoms with Crippen molar-refractivity contribution in [2.45, 2.75) is 37.8 Å². The number of halogens is 2. The van der Waals surface area contributed by atoms with Gasteiger partial charge in [0.25, 0.3) is 0 Å². The van der Waals surface area contributed by atoms with E-state index in [9.17, 15) is 13.6 Å². The lowest BCUT2D eigenvalue weighted by Crippen LogP contribution is -2.35. The van der Waals surface area contributed by atoms with Crippen LogP contribution in [0.3, 0.4) is 0 Å². The van der Waals surface area contributed by atoms with Crippen LogP contribution in [0.15, 0.2) is 48.5 Å². The number of amides is 1. The van der Waals surface area contributed by atoms with Crippen LogP contribution in [-0.2, 0) is 9.53 Å².